The van der Waals surface area contributed by atoms with E-state index in [9.17, 15) is 23.3 Å². The lowest BCUT2D eigenvalue weighted by molar-refractivity contribution is -0.385. The number of nitrogens with zero attached hydrogens (tertiary/aromatic N) is 2. The maximum absolute atomic E-state index is 11.9. The number of benzene rings is 1. The van der Waals surface area contributed by atoms with Gasteiger partial charge in [-0.1, -0.05) is 6.92 Å². The summed E-state index contributed by atoms with van der Waals surface area (Å²) in [6.07, 6.45) is -1.25. The summed E-state index contributed by atoms with van der Waals surface area (Å²) < 4.78 is 23.8. The molecule has 0 aliphatic heterocycles. The van der Waals surface area contributed by atoms with E-state index >= 15 is 0 Å². The van der Waals surface area contributed by atoms with Crippen LogP contribution in [0.3, 0.4) is 0 Å². The van der Waals surface area contributed by atoms with E-state index in [1.807, 2.05) is 0 Å². The first kappa shape index (κ1) is 15.9. The highest BCUT2D eigenvalue weighted by Crippen LogP contribution is 2.24. The van der Waals surface area contributed by atoms with Crippen LogP contribution in [0.25, 0.3) is 0 Å². The SMILES string of the molecule is CCS(=O)(=O)c1ccc([N+](=O)[O-])cc1CN(C)C(=O)O. The Morgan fingerprint density at radius 3 is 2.50 bits per heavy atom. The van der Waals surface area contributed by atoms with E-state index in [0.717, 1.165) is 23.1 Å². The van der Waals surface area contributed by atoms with Gasteiger partial charge in [-0.05, 0) is 11.6 Å². The van der Waals surface area contributed by atoms with Crippen LogP contribution in [0.1, 0.15) is 12.5 Å². The highest BCUT2D eigenvalue weighted by Gasteiger charge is 2.21. The van der Waals surface area contributed by atoms with Crippen molar-refractivity contribution >= 4 is 21.6 Å². The molecule has 0 atom stereocenters. The van der Waals surface area contributed by atoms with E-state index in [1.165, 1.54) is 14.0 Å². The van der Waals surface area contributed by atoms with Gasteiger partial charge in [0.05, 0.1) is 22.1 Å². The first-order chi connectivity index (χ1) is 9.19. The number of hydrogen-bond acceptors (Lipinski definition) is 5. The number of carboxylic acid groups (broad SMARTS) is 1. The molecule has 110 valence electrons. The third kappa shape index (κ3) is 3.44. The Balaban J connectivity index is 3.38. The fourth-order valence-corrected chi connectivity index (χ4v) is 2.69. The molecule has 0 radical (unpaired) electrons. The van der Waals surface area contributed by atoms with E-state index in [0.29, 0.717) is 0 Å². The number of hydrogen-bond donors (Lipinski definition) is 1. The number of non-ortho nitro benzene ring substituents is 1. The van der Waals surface area contributed by atoms with Crippen molar-refractivity contribution in [2.24, 2.45) is 0 Å². The molecule has 0 bridgehead atoms. The van der Waals surface area contributed by atoms with Crippen LogP contribution in [0.4, 0.5) is 10.5 Å². The minimum atomic E-state index is -3.58. The third-order valence-corrected chi connectivity index (χ3v) is 4.53. The highest BCUT2D eigenvalue weighted by molar-refractivity contribution is 7.91. The second kappa shape index (κ2) is 5.87. The molecule has 0 aliphatic carbocycles. The highest BCUT2D eigenvalue weighted by atomic mass is 32.2. The van der Waals surface area contributed by atoms with Gasteiger partial charge in [-0.2, -0.15) is 0 Å². The molecular formula is C11H14N2O6S. The Labute approximate surface area is 115 Å². The predicted molar refractivity (Wildman–Crippen MR) is 70.3 cm³/mol. The van der Waals surface area contributed by atoms with Crippen molar-refractivity contribution in [3.63, 3.8) is 0 Å². The molecule has 0 saturated carbocycles. The van der Waals surface area contributed by atoms with Crippen LogP contribution in [0, 0.1) is 10.1 Å². The van der Waals surface area contributed by atoms with E-state index in [-0.39, 0.29) is 28.4 Å². The lowest BCUT2D eigenvalue weighted by atomic mass is 10.2. The molecule has 20 heavy (non-hydrogen) atoms. The van der Waals surface area contributed by atoms with Crippen LogP contribution >= 0.6 is 0 Å². The summed E-state index contributed by atoms with van der Waals surface area (Å²) in [6, 6.07) is 3.32. The number of nitro groups is 1. The van der Waals surface area contributed by atoms with Crippen molar-refractivity contribution in [3.05, 3.63) is 33.9 Å². The molecule has 0 aromatic heterocycles. The molecule has 1 amide bonds. The number of amides is 1. The Hall–Kier alpha value is -2.16. The Morgan fingerprint density at radius 1 is 1.45 bits per heavy atom. The lowest BCUT2D eigenvalue weighted by Crippen LogP contribution is -2.25. The van der Waals surface area contributed by atoms with Crippen molar-refractivity contribution in [2.75, 3.05) is 12.8 Å². The normalized spacial score (nSPS) is 11.1. The molecule has 1 rings (SSSR count). The van der Waals surface area contributed by atoms with Gasteiger partial charge in [-0.25, -0.2) is 13.2 Å². The molecule has 9 heteroatoms. The van der Waals surface area contributed by atoms with E-state index in [1.54, 1.807) is 0 Å². The maximum Gasteiger partial charge on any atom is 0.407 e. The summed E-state index contributed by atoms with van der Waals surface area (Å²) in [4.78, 5) is 21.6. The van der Waals surface area contributed by atoms with Crippen molar-refractivity contribution < 1.29 is 23.2 Å². The minimum absolute atomic E-state index is 0.0845. The third-order valence-electron chi connectivity index (χ3n) is 2.70. The summed E-state index contributed by atoms with van der Waals surface area (Å²) in [5.74, 6) is -0.172. The van der Waals surface area contributed by atoms with Gasteiger partial charge in [-0.15, -0.1) is 0 Å². The van der Waals surface area contributed by atoms with Crippen LogP contribution in [0.15, 0.2) is 23.1 Å². The van der Waals surface area contributed by atoms with Gasteiger partial charge in [0.15, 0.2) is 9.84 Å². The minimum Gasteiger partial charge on any atom is -0.465 e. The second-order valence-electron chi connectivity index (χ2n) is 4.09. The molecule has 1 N–H and O–H groups in total. The van der Waals surface area contributed by atoms with Gasteiger partial charge in [0.2, 0.25) is 0 Å². The number of sulfone groups is 1. The number of rotatable bonds is 5. The summed E-state index contributed by atoms with van der Waals surface area (Å²) >= 11 is 0. The van der Waals surface area contributed by atoms with E-state index < -0.39 is 20.9 Å². The van der Waals surface area contributed by atoms with Crippen LogP contribution in [-0.2, 0) is 16.4 Å². The molecule has 0 fully saturated rings. The van der Waals surface area contributed by atoms with Crippen LogP contribution in [-0.4, -0.2) is 42.2 Å². The zero-order valence-corrected chi connectivity index (χ0v) is 11.8. The summed E-state index contributed by atoms with van der Waals surface area (Å²) in [5, 5.41) is 19.5. The molecule has 0 spiro atoms. The van der Waals surface area contributed by atoms with Gasteiger partial charge < -0.3 is 10.0 Å². The molecule has 1 aromatic carbocycles. The van der Waals surface area contributed by atoms with Crippen molar-refractivity contribution in [1.29, 1.82) is 0 Å². The fourth-order valence-electron chi connectivity index (χ4n) is 1.59. The zero-order chi connectivity index (χ0) is 15.5. The lowest BCUT2D eigenvalue weighted by Gasteiger charge is -2.15. The Morgan fingerprint density at radius 2 is 2.05 bits per heavy atom. The summed E-state index contributed by atoms with van der Waals surface area (Å²) in [6.45, 7) is 1.20. The zero-order valence-electron chi connectivity index (χ0n) is 10.9. The Kier molecular flexibility index (Phi) is 4.66. The molecule has 0 saturated heterocycles. The first-order valence-electron chi connectivity index (χ1n) is 5.63. The smallest absolute Gasteiger partial charge is 0.407 e. The van der Waals surface area contributed by atoms with Gasteiger partial charge in [0, 0.05) is 19.2 Å². The topological polar surface area (TPSA) is 118 Å². The monoisotopic (exact) mass is 302 g/mol. The van der Waals surface area contributed by atoms with Crippen LogP contribution in [0.2, 0.25) is 0 Å². The van der Waals surface area contributed by atoms with Crippen LogP contribution < -0.4 is 0 Å². The summed E-state index contributed by atoms with van der Waals surface area (Å²) in [5.41, 5.74) is -0.195. The molecule has 0 unspecified atom stereocenters. The first-order valence-corrected chi connectivity index (χ1v) is 7.28. The van der Waals surface area contributed by atoms with Gasteiger partial charge in [0.1, 0.15) is 0 Å². The van der Waals surface area contributed by atoms with E-state index in [4.69, 9.17) is 5.11 Å². The van der Waals surface area contributed by atoms with Crippen LogP contribution in [0.5, 0.6) is 0 Å². The molecule has 0 heterocycles. The second-order valence-corrected chi connectivity index (χ2v) is 6.34. The van der Waals surface area contributed by atoms with Gasteiger partial charge in [0.25, 0.3) is 5.69 Å². The quantitative estimate of drug-likeness (QED) is 0.650. The standard InChI is InChI=1S/C11H14N2O6S/c1-3-20(18,19)10-5-4-9(13(16)17)6-8(10)7-12(2)11(14)15/h4-6H,3,7H2,1-2H3,(H,14,15). The molecule has 8 nitrogen and oxygen atoms in total. The van der Waals surface area contributed by atoms with E-state index in [2.05, 4.69) is 0 Å². The van der Waals surface area contributed by atoms with Gasteiger partial charge >= 0.3 is 6.09 Å². The van der Waals surface area contributed by atoms with Crippen molar-refractivity contribution in [3.8, 4) is 0 Å². The average Bonchev–Trinajstić information content (AvgIpc) is 2.38. The predicted octanol–water partition coefficient (Wildman–Crippen LogP) is 1.50. The molecule has 1 aromatic rings. The molecular weight excluding hydrogens is 288 g/mol. The largest absolute Gasteiger partial charge is 0.465 e. The van der Waals surface area contributed by atoms with Crippen molar-refractivity contribution in [2.45, 2.75) is 18.4 Å². The number of nitro benzene ring substituents is 1. The number of carbonyl (C=O) groups is 1. The summed E-state index contributed by atoms with van der Waals surface area (Å²) in [7, 11) is -2.33. The van der Waals surface area contributed by atoms with Gasteiger partial charge in [-0.3, -0.25) is 10.1 Å². The van der Waals surface area contributed by atoms with Crippen molar-refractivity contribution in [1.82, 2.24) is 4.90 Å². The fraction of sp³-hybridized carbons (Fsp3) is 0.364. The average molecular weight is 302 g/mol. The molecule has 0 aliphatic rings. The maximum atomic E-state index is 11.9. The Bertz CT molecular complexity index is 640.